The molecular weight excluding hydrogens is 493 g/mol. The Bertz CT molecular complexity index is 1200. The van der Waals surface area contributed by atoms with E-state index in [0.29, 0.717) is 24.9 Å². The van der Waals surface area contributed by atoms with Crippen molar-refractivity contribution in [2.24, 2.45) is 0 Å². The van der Waals surface area contributed by atoms with Crippen LogP contribution in [0.15, 0.2) is 34.1 Å². The number of halogens is 2. The van der Waals surface area contributed by atoms with Crippen molar-refractivity contribution in [3.8, 4) is 0 Å². The molecule has 0 fully saturated rings. The summed E-state index contributed by atoms with van der Waals surface area (Å²) in [4.78, 5) is 35.7. The van der Waals surface area contributed by atoms with Crippen LogP contribution >= 0.6 is 23.2 Å². The zero-order valence-corrected chi connectivity index (χ0v) is 20.6. The van der Waals surface area contributed by atoms with Crippen molar-refractivity contribution in [3.63, 3.8) is 0 Å². The molecule has 10 nitrogen and oxygen atoms in total. The van der Waals surface area contributed by atoms with Crippen molar-refractivity contribution in [2.75, 3.05) is 18.4 Å². The van der Waals surface area contributed by atoms with E-state index in [-0.39, 0.29) is 33.1 Å². The monoisotopic (exact) mass is 517 g/mol. The molecule has 0 bridgehead atoms. The number of carbonyl (C=O) groups excluding carboxylic acids is 2. The van der Waals surface area contributed by atoms with Gasteiger partial charge < -0.3 is 10.6 Å². The number of hydrogen-bond donors (Lipinski definition) is 3. The van der Waals surface area contributed by atoms with Gasteiger partial charge in [-0.1, -0.05) is 29.3 Å². The predicted molar refractivity (Wildman–Crippen MR) is 126 cm³/mol. The molecule has 3 N–H and O–H groups in total. The number of sulfonamides is 1. The summed E-state index contributed by atoms with van der Waals surface area (Å²) in [5.41, 5.74) is 0.00690. The van der Waals surface area contributed by atoms with E-state index in [1.165, 1.54) is 19.9 Å². The van der Waals surface area contributed by atoms with Crippen LogP contribution in [0.1, 0.15) is 38.3 Å². The smallest absolute Gasteiger partial charge is 0.287 e. The maximum Gasteiger partial charge on any atom is 0.287 e. The van der Waals surface area contributed by atoms with Crippen molar-refractivity contribution in [2.45, 2.75) is 44.6 Å². The average Bonchev–Trinajstić information content (AvgIpc) is 2.75. The van der Waals surface area contributed by atoms with E-state index >= 15 is 0 Å². The fourth-order valence-electron chi connectivity index (χ4n) is 2.82. The molecule has 0 saturated carbocycles. The summed E-state index contributed by atoms with van der Waals surface area (Å²) in [6.45, 7) is 5.16. The first-order valence-electron chi connectivity index (χ1n) is 10.0. The molecule has 1 atom stereocenters. The van der Waals surface area contributed by atoms with Gasteiger partial charge in [-0.15, -0.1) is 0 Å². The molecule has 0 spiro atoms. The Kier molecular flexibility index (Phi) is 9.41. The molecule has 2 amide bonds. The van der Waals surface area contributed by atoms with Crippen LogP contribution in [0, 0.1) is 6.92 Å². The Hall–Kier alpha value is -2.47. The van der Waals surface area contributed by atoms with Crippen LogP contribution in [-0.2, 0) is 19.6 Å². The van der Waals surface area contributed by atoms with E-state index in [4.69, 9.17) is 23.2 Å². The van der Waals surface area contributed by atoms with Gasteiger partial charge in [0.1, 0.15) is 11.1 Å². The van der Waals surface area contributed by atoms with E-state index in [0.717, 1.165) is 10.9 Å². The summed E-state index contributed by atoms with van der Waals surface area (Å²) in [5.74, 6) is -0.736. The predicted octanol–water partition coefficient (Wildman–Crippen LogP) is 2.25. The number of aryl methyl sites for hydroxylation is 1. The van der Waals surface area contributed by atoms with Crippen LogP contribution in [0.3, 0.4) is 0 Å². The first-order valence-corrected chi connectivity index (χ1v) is 12.3. The molecule has 0 radical (unpaired) electrons. The highest BCUT2D eigenvalue weighted by molar-refractivity contribution is 7.89. The standard InChI is InChI=1S/C20H25Cl2N5O5S/c1-12-6-7-15(10-17(12)33(31,32)25-9-5-4-8-23-14(3)28)26-19(29)13(2)27-20(30)18(22)16(21)11-24-27/h6-7,10-11,13,25H,4-5,8-9H2,1-3H3,(H,23,28)(H,26,29)/t13-/m1/s1. The topological polar surface area (TPSA) is 139 Å². The Labute approximate surface area is 201 Å². The SMILES string of the molecule is CC(=O)NCCCCNS(=O)(=O)c1cc(NC(=O)[C@@H](C)n2ncc(Cl)c(Cl)c2=O)ccc1C. The Balaban J connectivity index is 2.09. The Morgan fingerprint density at radius 3 is 2.52 bits per heavy atom. The molecule has 2 aromatic rings. The molecule has 180 valence electrons. The number of benzene rings is 1. The molecule has 1 aromatic heterocycles. The summed E-state index contributed by atoms with van der Waals surface area (Å²) in [5, 5.41) is 8.79. The number of anilines is 1. The lowest BCUT2D eigenvalue weighted by molar-refractivity contribution is -0.119. The highest BCUT2D eigenvalue weighted by Crippen LogP contribution is 2.21. The quantitative estimate of drug-likeness (QED) is 0.413. The van der Waals surface area contributed by atoms with Crippen LogP contribution in [0.4, 0.5) is 5.69 Å². The van der Waals surface area contributed by atoms with Gasteiger partial charge in [0.2, 0.25) is 21.8 Å². The van der Waals surface area contributed by atoms with Gasteiger partial charge in [0.25, 0.3) is 5.56 Å². The first kappa shape index (κ1) is 26.8. The van der Waals surface area contributed by atoms with Crippen molar-refractivity contribution in [1.82, 2.24) is 19.8 Å². The van der Waals surface area contributed by atoms with Gasteiger partial charge in [-0.3, -0.25) is 14.4 Å². The van der Waals surface area contributed by atoms with Gasteiger partial charge in [-0.25, -0.2) is 17.8 Å². The summed E-state index contributed by atoms with van der Waals surface area (Å²) >= 11 is 11.6. The number of amides is 2. The van der Waals surface area contributed by atoms with Gasteiger partial charge in [-0.2, -0.15) is 5.10 Å². The minimum Gasteiger partial charge on any atom is -0.356 e. The summed E-state index contributed by atoms with van der Waals surface area (Å²) in [7, 11) is -3.83. The molecule has 0 aliphatic carbocycles. The zero-order chi connectivity index (χ0) is 24.8. The number of hydrogen-bond acceptors (Lipinski definition) is 6. The van der Waals surface area contributed by atoms with Crippen molar-refractivity contribution < 1.29 is 18.0 Å². The van der Waals surface area contributed by atoms with E-state index in [9.17, 15) is 22.8 Å². The second kappa shape index (κ2) is 11.6. The highest BCUT2D eigenvalue weighted by atomic mass is 35.5. The summed E-state index contributed by atoms with van der Waals surface area (Å²) in [6.07, 6.45) is 2.32. The van der Waals surface area contributed by atoms with Crippen molar-refractivity contribution in [1.29, 1.82) is 0 Å². The lowest BCUT2D eigenvalue weighted by atomic mass is 10.2. The van der Waals surface area contributed by atoms with E-state index in [1.54, 1.807) is 19.1 Å². The molecule has 1 heterocycles. The van der Waals surface area contributed by atoms with Crippen LogP contribution in [0.25, 0.3) is 0 Å². The molecule has 33 heavy (non-hydrogen) atoms. The third-order valence-electron chi connectivity index (χ3n) is 4.66. The van der Waals surface area contributed by atoms with Crippen molar-refractivity contribution in [3.05, 3.63) is 50.4 Å². The molecule has 1 aromatic carbocycles. The fraction of sp³-hybridized carbons (Fsp3) is 0.400. The number of aromatic nitrogens is 2. The lowest BCUT2D eigenvalue weighted by Crippen LogP contribution is -2.33. The number of carbonyl (C=O) groups is 2. The van der Waals surface area contributed by atoms with E-state index in [1.807, 2.05) is 0 Å². The number of unbranched alkanes of at least 4 members (excludes halogenated alkanes) is 1. The zero-order valence-electron chi connectivity index (χ0n) is 18.3. The molecule has 2 rings (SSSR count). The second-order valence-corrected chi connectivity index (χ2v) is 9.81. The Morgan fingerprint density at radius 2 is 1.85 bits per heavy atom. The molecule has 0 aliphatic rings. The second-order valence-electron chi connectivity index (χ2n) is 7.29. The highest BCUT2D eigenvalue weighted by Gasteiger charge is 2.22. The van der Waals surface area contributed by atoms with Crippen LogP contribution in [-0.4, -0.2) is 43.1 Å². The van der Waals surface area contributed by atoms with Gasteiger partial charge >= 0.3 is 0 Å². The van der Waals surface area contributed by atoms with Crippen LogP contribution in [0.5, 0.6) is 0 Å². The molecular formula is C20H25Cl2N5O5S. The summed E-state index contributed by atoms with van der Waals surface area (Å²) in [6, 6.07) is 3.42. The summed E-state index contributed by atoms with van der Waals surface area (Å²) < 4.78 is 28.9. The van der Waals surface area contributed by atoms with Crippen LogP contribution in [0.2, 0.25) is 10.0 Å². The number of nitrogens with zero attached hydrogens (tertiary/aromatic N) is 2. The maximum absolute atomic E-state index is 12.7. The van der Waals surface area contributed by atoms with Crippen LogP contribution < -0.4 is 20.9 Å². The normalized spacial score (nSPS) is 12.3. The minimum atomic E-state index is -3.83. The van der Waals surface area contributed by atoms with Gasteiger partial charge in [0, 0.05) is 25.7 Å². The first-order chi connectivity index (χ1) is 15.4. The van der Waals surface area contributed by atoms with E-state index in [2.05, 4.69) is 20.5 Å². The molecule has 0 saturated heterocycles. The largest absolute Gasteiger partial charge is 0.356 e. The number of nitrogens with one attached hydrogen (secondary N) is 3. The van der Waals surface area contributed by atoms with Gasteiger partial charge in [0.15, 0.2) is 0 Å². The third kappa shape index (κ3) is 7.26. The van der Waals surface area contributed by atoms with Gasteiger partial charge in [-0.05, 0) is 44.4 Å². The minimum absolute atomic E-state index is 0.0136. The van der Waals surface area contributed by atoms with Gasteiger partial charge in [0.05, 0.1) is 16.1 Å². The average molecular weight is 518 g/mol. The van der Waals surface area contributed by atoms with E-state index < -0.39 is 27.5 Å². The molecule has 13 heteroatoms. The molecule has 0 unspecified atom stereocenters. The Morgan fingerprint density at radius 1 is 1.18 bits per heavy atom. The lowest BCUT2D eigenvalue weighted by Gasteiger charge is -2.16. The number of rotatable bonds is 10. The van der Waals surface area contributed by atoms with Crippen molar-refractivity contribution >= 4 is 50.7 Å². The fourth-order valence-corrected chi connectivity index (χ4v) is 4.43. The molecule has 0 aliphatic heterocycles. The third-order valence-corrected chi connectivity index (χ3v) is 7.01. The maximum atomic E-state index is 12.7.